The molecule has 3 saturated carbocycles. The molecule has 0 saturated heterocycles. The average Bonchev–Trinajstić information content (AvgIpc) is 2.82. The zero-order valence-electron chi connectivity index (χ0n) is 15.9. The fraction of sp³-hybridized carbons (Fsp3) is 0.762. The molecule has 8 atom stereocenters. The molecule has 3 N–H and O–H groups in total. The number of aliphatic hydroxyl groups excluding tert-OH is 2. The molecule has 4 rings (SSSR count). The van der Waals surface area contributed by atoms with Gasteiger partial charge in [0.2, 0.25) is 0 Å². The summed E-state index contributed by atoms with van der Waals surface area (Å²) in [5, 5.41) is 31.1. The topological polar surface area (TPSA) is 112 Å². The summed E-state index contributed by atoms with van der Waals surface area (Å²) >= 11 is 0. The van der Waals surface area contributed by atoms with Crippen LogP contribution in [-0.4, -0.2) is 51.0 Å². The van der Waals surface area contributed by atoms with Crippen molar-refractivity contribution in [1.82, 2.24) is 0 Å². The molecule has 27 heavy (non-hydrogen) atoms. The van der Waals surface area contributed by atoms with Gasteiger partial charge in [-0.3, -0.25) is 14.4 Å². The number of allylic oxidation sites excluding steroid dienone is 2. The molecular weight excluding hydrogens is 348 g/mol. The van der Waals surface area contributed by atoms with E-state index in [0.29, 0.717) is 6.42 Å². The number of fused-ring (bicyclic) bond motifs is 5. The summed E-state index contributed by atoms with van der Waals surface area (Å²) in [7, 11) is 0. The summed E-state index contributed by atoms with van der Waals surface area (Å²) < 4.78 is 0. The Labute approximate surface area is 158 Å². The van der Waals surface area contributed by atoms with Crippen LogP contribution in [0.1, 0.15) is 46.0 Å². The van der Waals surface area contributed by atoms with E-state index in [4.69, 9.17) is 0 Å². The number of carbonyl (C=O) groups excluding carboxylic acids is 3. The predicted octanol–water partition coefficient (Wildman–Crippen LogP) is 0.816. The van der Waals surface area contributed by atoms with Gasteiger partial charge in [-0.25, -0.2) is 0 Å². The summed E-state index contributed by atoms with van der Waals surface area (Å²) in [5.74, 6) is -1.09. The van der Waals surface area contributed by atoms with Gasteiger partial charge in [-0.15, -0.1) is 0 Å². The number of rotatable bonds is 2. The summed E-state index contributed by atoms with van der Waals surface area (Å²) in [6.07, 6.45) is 4.48. The first kappa shape index (κ1) is 19.0. The standard InChI is InChI=1S/C21H28O6/c1-19-6-5-12(23)7-11(19)3-4-13-14-8-16(25)21(27,17(26)10-22)20(14,2)9-15(24)18(13)19/h5-6,11,13-14,16,18,22,25,27H,3-4,7-10H2,1-2H3/t11?,13-,14-,16+,18+,19-,20-,21-/m0/s1. The number of hydrogen-bond donors (Lipinski definition) is 3. The quantitative estimate of drug-likeness (QED) is 0.658. The summed E-state index contributed by atoms with van der Waals surface area (Å²) in [4.78, 5) is 37.6. The molecule has 0 aromatic rings. The molecule has 0 bridgehead atoms. The van der Waals surface area contributed by atoms with Gasteiger partial charge in [-0.05, 0) is 48.5 Å². The van der Waals surface area contributed by atoms with Crippen molar-refractivity contribution >= 4 is 17.3 Å². The van der Waals surface area contributed by atoms with Crippen LogP contribution >= 0.6 is 0 Å². The molecular formula is C21H28O6. The molecule has 1 unspecified atom stereocenters. The van der Waals surface area contributed by atoms with Gasteiger partial charge < -0.3 is 15.3 Å². The van der Waals surface area contributed by atoms with Gasteiger partial charge in [0, 0.05) is 24.2 Å². The van der Waals surface area contributed by atoms with Crippen molar-refractivity contribution in [2.24, 2.45) is 34.5 Å². The molecule has 0 aromatic carbocycles. The number of carbonyl (C=O) groups is 3. The molecule has 0 spiro atoms. The van der Waals surface area contributed by atoms with E-state index >= 15 is 0 Å². The van der Waals surface area contributed by atoms with Crippen LogP contribution in [0.15, 0.2) is 12.2 Å². The second-order valence-corrected chi connectivity index (χ2v) is 9.55. The second kappa shape index (κ2) is 5.82. The normalized spacial score (nSPS) is 51.5. The maximum Gasteiger partial charge on any atom is 0.192 e. The van der Waals surface area contributed by atoms with Crippen molar-refractivity contribution in [3.63, 3.8) is 0 Å². The van der Waals surface area contributed by atoms with Gasteiger partial charge >= 0.3 is 0 Å². The number of Topliss-reactive ketones (excluding diaryl/α,β-unsaturated/α-hetero) is 2. The summed E-state index contributed by atoms with van der Waals surface area (Å²) in [6, 6.07) is 0. The minimum absolute atomic E-state index is 0.00221. The highest BCUT2D eigenvalue weighted by molar-refractivity contribution is 5.94. The maximum atomic E-state index is 13.3. The molecule has 0 radical (unpaired) electrons. The summed E-state index contributed by atoms with van der Waals surface area (Å²) in [6.45, 7) is 2.90. The number of hydrogen-bond acceptors (Lipinski definition) is 6. The van der Waals surface area contributed by atoms with E-state index in [1.165, 1.54) is 0 Å². The van der Waals surface area contributed by atoms with Crippen molar-refractivity contribution in [2.75, 3.05) is 6.61 Å². The first-order chi connectivity index (χ1) is 12.6. The Hall–Kier alpha value is -1.37. The molecule has 6 heteroatoms. The molecule has 6 nitrogen and oxygen atoms in total. The van der Waals surface area contributed by atoms with Gasteiger partial charge in [0.25, 0.3) is 0 Å². The van der Waals surface area contributed by atoms with Crippen molar-refractivity contribution in [3.8, 4) is 0 Å². The van der Waals surface area contributed by atoms with Crippen LogP contribution in [0, 0.1) is 34.5 Å². The lowest BCUT2D eigenvalue weighted by Crippen LogP contribution is -2.63. The third-order valence-corrected chi connectivity index (χ3v) is 8.52. The van der Waals surface area contributed by atoms with Crippen LogP contribution in [0.5, 0.6) is 0 Å². The first-order valence-electron chi connectivity index (χ1n) is 9.89. The Kier molecular flexibility index (Phi) is 4.09. The Morgan fingerprint density at radius 2 is 1.96 bits per heavy atom. The van der Waals surface area contributed by atoms with Crippen LogP contribution in [-0.2, 0) is 14.4 Å². The maximum absolute atomic E-state index is 13.3. The van der Waals surface area contributed by atoms with Gasteiger partial charge in [-0.1, -0.05) is 19.9 Å². The van der Waals surface area contributed by atoms with Crippen molar-refractivity contribution in [3.05, 3.63) is 12.2 Å². The van der Waals surface area contributed by atoms with Crippen molar-refractivity contribution in [2.45, 2.75) is 57.7 Å². The van der Waals surface area contributed by atoms with Gasteiger partial charge in [0.1, 0.15) is 12.4 Å². The number of ketones is 3. The van der Waals surface area contributed by atoms with Crippen LogP contribution < -0.4 is 0 Å². The molecule has 148 valence electrons. The molecule has 0 aliphatic heterocycles. The van der Waals surface area contributed by atoms with E-state index in [-0.39, 0.29) is 48.1 Å². The second-order valence-electron chi connectivity index (χ2n) is 9.55. The monoisotopic (exact) mass is 376 g/mol. The third-order valence-electron chi connectivity index (χ3n) is 8.52. The van der Waals surface area contributed by atoms with E-state index in [0.717, 1.165) is 12.8 Å². The molecule has 4 aliphatic carbocycles. The zero-order chi connectivity index (χ0) is 19.8. The Morgan fingerprint density at radius 3 is 2.63 bits per heavy atom. The molecule has 0 amide bonds. The first-order valence-corrected chi connectivity index (χ1v) is 9.89. The Bertz CT molecular complexity index is 743. The minimum Gasteiger partial charge on any atom is -0.390 e. The van der Waals surface area contributed by atoms with Crippen molar-refractivity contribution in [1.29, 1.82) is 0 Å². The molecule has 0 heterocycles. The molecule has 3 fully saturated rings. The van der Waals surface area contributed by atoms with Crippen molar-refractivity contribution < 1.29 is 29.7 Å². The van der Waals surface area contributed by atoms with E-state index in [9.17, 15) is 29.7 Å². The fourth-order valence-electron chi connectivity index (χ4n) is 7.10. The lowest BCUT2D eigenvalue weighted by atomic mass is 9.45. The fourth-order valence-corrected chi connectivity index (χ4v) is 7.10. The van der Waals surface area contributed by atoms with Gasteiger partial charge in [-0.2, -0.15) is 0 Å². The minimum atomic E-state index is -2.09. The highest BCUT2D eigenvalue weighted by Crippen LogP contribution is 2.66. The Balaban J connectivity index is 1.77. The lowest BCUT2D eigenvalue weighted by Gasteiger charge is -2.58. The van der Waals surface area contributed by atoms with Crippen LogP contribution in [0.25, 0.3) is 0 Å². The van der Waals surface area contributed by atoms with E-state index in [2.05, 4.69) is 6.92 Å². The SMILES string of the molecule is C[C@]12C=CC(=O)CC1CC[C@@H]1[C@@H]2C(=O)C[C@@]2(C)[C@H]1C[C@@H](O)[C@]2(O)C(=O)CO. The molecule has 4 aliphatic rings. The molecule has 0 aromatic heterocycles. The van der Waals surface area contributed by atoms with Crippen LogP contribution in [0.4, 0.5) is 0 Å². The highest BCUT2D eigenvalue weighted by Gasteiger charge is 2.71. The van der Waals surface area contributed by atoms with E-state index in [1.54, 1.807) is 13.0 Å². The largest absolute Gasteiger partial charge is 0.390 e. The zero-order valence-corrected chi connectivity index (χ0v) is 15.9. The smallest absolute Gasteiger partial charge is 0.192 e. The van der Waals surface area contributed by atoms with Gasteiger partial charge in [0.15, 0.2) is 17.2 Å². The highest BCUT2D eigenvalue weighted by atomic mass is 16.4. The number of aliphatic hydroxyl groups is 3. The van der Waals surface area contributed by atoms with E-state index in [1.807, 2.05) is 6.08 Å². The Morgan fingerprint density at radius 1 is 1.26 bits per heavy atom. The van der Waals surface area contributed by atoms with Crippen LogP contribution in [0.2, 0.25) is 0 Å². The third kappa shape index (κ3) is 2.21. The average molecular weight is 376 g/mol. The van der Waals surface area contributed by atoms with Crippen LogP contribution in [0.3, 0.4) is 0 Å². The van der Waals surface area contributed by atoms with E-state index < -0.39 is 34.9 Å². The van der Waals surface area contributed by atoms with Gasteiger partial charge in [0.05, 0.1) is 6.10 Å². The lowest BCUT2D eigenvalue weighted by molar-refractivity contribution is -0.182. The predicted molar refractivity (Wildman–Crippen MR) is 95.5 cm³/mol. The summed E-state index contributed by atoms with van der Waals surface area (Å²) in [5.41, 5.74) is -3.58.